The molecule has 29 heavy (non-hydrogen) atoms. The van der Waals surface area contributed by atoms with Crippen LogP contribution in [0.1, 0.15) is 22.4 Å². The minimum absolute atomic E-state index is 0. The molecule has 0 unspecified atom stereocenters. The summed E-state index contributed by atoms with van der Waals surface area (Å²) in [4.78, 5) is 14.4. The Labute approximate surface area is 190 Å². The molecular formula is C20H23FIN5OS. The number of ether oxygens (including phenoxy) is 1. The maximum Gasteiger partial charge on any atom is 0.219 e. The van der Waals surface area contributed by atoms with E-state index < -0.39 is 0 Å². The number of pyridine rings is 1. The first-order chi connectivity index (χ1) is 13.6. The second-order valence-electron chi connectivity index (χ2n) is 5.98. The van der Waals surface area contributed by atoms with Gasteiger partial charge in [0.2, 0.25) is 5.88 Å². The van der Waals surface area contributed by atoms with E-state index in [1.54, 1.807) is 35.7 Å². The van der Waals surface area contributed by atoms with E-state index in [-0.39, 0.29) is 29.8 Å². The summed E-state index contributed by atoms with van der Waals surface area (Å²) in [5.41, 5.74) is 0.939. The smallest absolute Gasteiger partial charge is 0.219 e. The maximum atomic E-state index is 13.2. The van der Waals surface area contributed by atoms with Crippen LogP contribution in [-0.4, -0.2) is 22.5 Å². The Bertz CT molecular complexity index is 933. The molecule has 0 atom stereocenters. The Hall–Kier alpha value is -2.27. The van der Waals surface area contributed by atoms with Crippen molar-refractivity contribution in [3.05, 3.63) is 70.1 Å². The van der Waals surface area contributed by atoms with Gasteiger partial charge in [-0.05, 0) is 31.5 Å². The van der Waals surface area contributed by atoms with Crippen molar-refractivity contribution in [2.24, 2.45) is 4.99 Å². The van der Waals surface area contributed by atoms with Crippen LogP contribution in [0, 0.1) is 12.7 Å². The summed E-state index contributed by atoms with van der Waals surface area (Å²) in [6.45, 7) is 5.92. The lowest BCUT2D eigenvalue weighted by molar-refractivity contribution is 0.457. The van der Waals surface area contributed by atoms with Gasteiger partial charge in [0.1, 0.15) is 16.6 Å². The van der Waals surface area contributed by atoms with E-state index in [0.29, 0.717) is 24.7 Å². The summed E-state index contributed by atoms with van der Waals surface area (Å²) in [7, 11) is 0. The van der Waals surface area contributed by atoms with Crippen molar-refractivity contribution in [2.75, 3.05) is 6.54 Å². The zero-order chi connectivity index (χ0) is 19.8. The number of guanidine groups is 1. The summed E-state index contributed by atoms with van der Waals surface area (Å²) in [5, 5.41) is 7.51. The quantitative estimate of drug-likeness (QED) is 0.266. The third kappa shape index (κ3) is 7.58. The van der Waals surface area contributed by atoms with E-state index in [1.165, 1.54) is 17.0 Å². The van der Waals surface area contributed by atoms with E-state index in [4.69, 9.17) is 4.74 Å². The fourth-order valence-electron chi connectivity index (χ4n) is 2.37. The molecule has 0 saturated heterocycles. The predicted molar refractivity (Wildman–Crippen MR) is 125 cm³/mol. The van der Waals surface area contributed by atoms with Gasteiger partial charge >= 0.3 is 0 Å². The normalized spacial score (nSPS) is 10.9. The van der Waals surface area contributed by atoms with Crippen LogP contribution in [0.4, 0.5) is 4.39 Å². The molecule has 0 aliphatic rings. The second kappa shape index (κ2) is 11.7. The number of aromatic nitrogens is 2. The van der Waals surface area contributed by atoms with Crippen molar-refractivity contribution in [3.63, 3.8) is 0 Å². The lowest BCUT2D eigenvalue weighted by atomic mass is 10.3. The zero-order valence-electron chi connectivity index (χ0n) is 16.2. The molecule has 6 nitrogen and oxygen atoms in total. The summed E-state index contributed by atoms with van der Waals surface area (Å²) < 4.78 is 18.8. The molecule has 0 radical (unpaired) electrons. The highest BCUT2D eigenvalue weighted by Crippen LogP contribution is 2.20. The Morgan fingerprint density at radius 1 is 1.17 bits per heavy atom. The van der Waals surface area contributed by atoms with Crippen molar-refractivity contribution in [1.29, 1.82) is 0 Å². The molecule has 0 amide bonds. The van der Waals surface area contributed by atoms with Gasteiger partial charge in [0, 0.05) is 35.9 Å². The van der Waals surface area contributed by atoms with Crippen LogP contribution >= 0.6 is 35.3 Å². The number of aryl methyl sites for hydroxylation is 1. The first kappa shape index (κ1) is 23.0. The summed E-state index contributed by atoms with van der Waals surface area (Å²) in [6.07, 6.45) is 3.57. The standard InChI is InChI=1S/C20H22FN5OS.HI/c1-3-22-20(26-13-19-24-10-14(2)28-19)25-12-15-7-8-18(23-11-15)27-17-6-4-5-16(21)9-17;/h4-11H,3,12-13H2,1-2H3,(H2,22,25,26);1H. The third-order valence-electron chi connectivity index (χ3n) is 3.66. The molecule has 9 heteroatoms. The highest BCUT2D eigenvalue weighted by Gasteiger charge is 2.03. The Morgan fingerprint density at radius 2 is 2.03 bits per heavy atom. The van der Waals surface area contributed by atoms with Crippen molar-refractivity contribution < 1.29 is 9.13 Å². The number of nitrogens with one attached hydrogen (secondary N) is 2. The molecule has 3 aromatic rings. The Balaban J connectivity index is 0.00000300. The van der Waals surface area contributed by atoms with Gasteiger partial charge in [0.05, 0.1) is 13.1 Å². The highest BCUT2D eigenvalue weighted by atomic mass is 127. The number of halogens is 2. The van der Waals surface area contributed by atoms with Gasteiger partial charge < -0.3 is 15.4 Å². The monoisotopic (exact) mass is 527 g/mol. The van der Waals surface area contributed by atoms with Crippen molar-refractivity contribution in [1.82, 2.24) is 20.6 Å². The van der Waals surface area contributed by atoms with Crippen LogP contribution in [-0.2, 0) is 13.1 Å². The molecule has 2 heterocycles. The highest BCUT2D eigenvalue weighted by molar-refractivity contribution is 14.0. The van der Waals surface area contributed by atoms with Gasteiger partial charge in [0.15, 0.2) is 5.96 Å². The molecule has 2 aromatic heterocycles. The molecule has 0 aliphatic carbocycles. The first-order valence-electron chi connectivity index (χ1n) is 8.94. The maximum absolute atomic E-state index is 13.2. The van der Waals surface area contributed by atoms with Crippen molar-refractivity contribution in [3.8, 4) is 11.6 Å². The van der Waals surface area contributed by atoms with Crippen LogP contribution in [0.5, 0.6) is 11.6 Å². The van der Waals surface area contributed by atoms with Crippen molar-refractivity contribution >= 4 is 41.3 Å². The lowest BCUT2D eigenvalue weighted by Gasteiger charge is -2.10. The number of hydrogen-bond donors (Lipinski definition) is 2. The number of aliphatic imine (C=N–C) groups is 1. The van der Waals surface area contributed by atoms with Gasteiger partial charge in [0.25, 0.3) is 0 Å². The average Bonchev–Trinajstić information content (AvgIpc) is 3.10. The van der Waals surface area contributed by atoms with E-state index in [1.807, 2.05) is 26.1 Å². The molecular weight excluding hydrogens is 504 g/mol. The third-order valence-corrected chi connectivity index (χ3v) is 4.57. The van der Waals surface area contributed by atoms with Crippen LogP contribution in [0.3, 0.4) is 0 Å². The number of benzene rings is 1. The van der Waals surface area contributed by atoms with E-state index in [0.717, 1.165) is 23.1 Å². The molecule has 0 spiro atoms. The average molecular weight is 527 g/mol. The van der Waals surface area contributed by atoms with Crippen LogP contribution in [0.2, 0.25) is 0 Å². The van der Waals surface area contributed by atoms with Gasteiger partial charge in [-0.2, -0.15) is 0 Å². The second-order valence-corrected chi connectivity index (χ2v) is 7.30. The fourth-order valence-corrected chi connectivity index (χ4v) is 3.10. The fraction of sp³-hybridized carbons (Fsp3) is 0.250. The predicted octanol–water partition coefficient (Wildman–Crippen LogP) is 4.65. The Morgan fingerprint density at radius 3 is 2.69 bits per heavy atom. The molecule has 0 aliphatic heterocycles. The molecule has 154 valence electrons. The molecule has 2 N–H and O–H groups in total. The van der Waals surface area contributed by atoms with Gasteiger partial charge in [-0.1, -0.05) is 12.1 Å². The lowest BCUT2D eigenvalue weighted by Crippen LogP contribution is -2.36. The largest absolute Gasteiger partial charge is 0.439 e. The Kier molecular flexibility index (Phi) is 9.26. The van der Waals surface area contributed by atoms with Crippen molar-refractivity contribution in [2.45, 2.75) is 26.9 Å². The number of thiazole rings is 1. The minimum atomic E-state index is -0.347. The minimum Gasteiger partial charge on any atom is -0.439 e. The SMILES string of the molecule is CCNC(=NCc1ccc(Oc2cccc(F)c2)nc1)NCc1ncc(C)s1.I. The summed E-state index contributed by atoms with van der Waals surface area (Å²) in [5.74, 6) is 1.19. The molecule has 3 rings (SSSR count). The molecule has 0 fully saturated rings. The summed E-state index contributed by atoms with van der Waals surface area (Å²) >= 11 is 1.66. The van der Waals surface area contributed by atoms with Gasteiger partial charge in [-0.25, -0.2) is 19.4 Å². The van der Waals surface area contributed by atoms with Crippen LogP contribution < -0.4 is 15.4 Å². The van der Waals surface area contributed by atoms with Crippen LogP contribution in [0.15, 0.2) is 53.8 Å². The van der Waals surface area contributed by atoms with Crippen LogP contribution in [0.25, 0.3) is 0 Å². The van der Waals surface area contributed by atoms with E-state index in [2.05, 4.69) is 25.6 Å². The summed E-state index contributed by atoms with van der Waals surface area (Å²) in [6, 6.07) is 9.59. The number of rotatable bonds is 7. The number of nitrogens with zero attached hydrogens (tertiary/aromatic N) is 3. The van der Waals surface area contributed by atoms with E-state index >= 15 is 0 Å². The zero-order valence-corrected chi connectivity index (χ0v) is 19.3. The molecule has 0 bridgehead atoms. The molecule has 1 aromatic carbocycles. The molecule has 0 saturated carbocycles. The van der Waals surface area contributed by atoms with E-state index in [9.17, 15) is 4.39 Å². The number of hydrogen-bond acceptors (Lipinski definition) is 5. The first-order valence-corrected chi connectivity index (χ1v) is 9.76. The van der Waals surface area contributed by atoms with Gasteiger partial charge in [-0.15, -0.1) is 35.3 Å². The van der Waals surface area contributed by atoms with Gasteiger partial charge in [-0.3, -0.25) is 0 Å². The topological polar surface area (TPSA) is 71.4 Å².